The summed E-state index contributed by atoms with van der Waals surface area (Å²) in [6, 6.07) is 9.84. The van der Waals surface area contributed by atoms with E-state index in [2.05, 4.69) is 20.1 Å². The van der Waals surface area contributed by atoms with Gasteiger partial charge in [-0.2, -0.15) is 0 Å². The molecular formula is C26H32ClN5O3. The molecule has 2 aromatic rings. The first-order valence-electron chi connectivity index (χ1n) is 12.6. The van der Waals surface area contributed by atoms with Crippen molar-refractivity contribution in [2.24, 2.45) is 11.8 Å². The van der Waals surface area contributed by atoms with Gasteiger partial charge in [-0.05, 0) is 80.6 Å². The van der Waals surface area contributed by atoms with E-state index in [1.807, 2.05) is 30.3 Å². The average Bonchev–Trinajstić information content (AvgIpc) is 3.62. The Kier molecular flexibility index (Phi) is 6.30. The lowest BCUT2D eigenvalue weighted by Gasteiger charge is -2.39. The standard InChI is InChI=1S/C26H32ClN5O3/c27-19-1-2-21-20(14-19)23(34-26-24(30-21)35-26)17-6-11-32(12-7-17)25(33)18-4-9-31(10-5-18)15-16-3-8-29-22(28)13-16/h1-3,8,13-14,17-18,23-24,26,30H,4-7,9-12,15H2,(H2,28,29). The Hall–Kier alpha value is -2.39. The minimum absolute atomic E-state index is 0.0728. The van der Waals surface area contributed by atoms with Crippen molar-refractivity contribution in [3.8, 4) is 0 Å². The largest absolute Gasteiger partial charge is 0.384 e. The second-order valence-electron chi connectivity index (χ2n) is 10.2. The Bertz CT molecular complexity index is 1080. The van der Waals surface area contributed by atoms with Crippen molar-refractivity contribution < 1.29 is 14.3 Å². The normalized spacial score (nSPS) is 27.5. The maximum absolute atomic E-state index is 13.3. The third-order valence-electron chi connectivity index (χ3n) is 7.82. The van der Waals surface area contributed by atoms with Crippen molar-refractivity contribution in [3.05, 3.63) is 52.7 Å². The number of nitrogen functional groups attached to an aromatic ring is 1. The molecule has 3 N–H and O–H groups in total. The number of hydrogen-bond donors (Lipinski definition) is 2. The molecule has 5 heterocycles. The molecule has 35 heavy (non-hydrogen) atoms. The van der Waals surface area contributed by atoms with Gasteiger partial charge in [-0.3, -0.25) is 9.69 Å². The van der Waals surface area contributed by atoms with Gasteiger partial charge in [-0.15, -0.1) is 0 Å². The highest BCUT2D eigenvalue weighted by Crippen LogP contribution is 2.45. The van der Waals surface area contributed by atoms with Gasteiger partial charge in [-0.25, -0.2) is 4.98 Å². The monoisotopic (exact) mass is 497 g/mol. The SMILES string of the molecule is Nc1cc(CN2CCC(C(=O)N3CCC(C4OC5OC5Nc5ccc(Cl)cc54)CC3)CC2)ccn1. The third-order valence-corrected chi connectivity index (χ3v) is 8.05. The highest BCUT2D eigenvalue weighted by Gasteiger charge is 2.47. The second-order valence-corrected chi connectivity index (χ2v) is 10.6. The van der Waals surface area contributed by atoms with Crippen molar-refractivity contribution in [1.82, 2.24) is 14.8 Å². The smallest absolute Gasteiger partial charge is 0.225 e. The van der Waals surface area contributed by atoms with Crippen LogP contribution < -0.4 is 11.1 Å². The Labute approximate surface area is 210 Å². The molecule has 0 bridgehead atoms. The van der Waals surface area contributed by atoms with Gasteiger partial charge < -0.3 is 25.4 Å². The van der Waals surface area contributed by atoms with Crippen LogP contribution in [0.5, 0.6) is 0 Å². The molecule has 1 amide bonds. The predicted octanol–water partition coefficient (Wildman–Crippen LogP) is 3.63. The molecule has 3 fully saturated rings. The van der Waals surface area contributed by atoms with Gasteiger partial charge in [0.25, 0.3) is 0 Å². The highest BCUT2D eigenvalue weighted by molar-refractivity contribution is 6.30. The molecule has 4 aliphatic rings. The number of pyridine rings is 1. The Balaban J connectivity index is 1.03. The van der Waals surface area contributed by atoms with Crippen molar-refractivity contribution in [2.75, 3.05) is 37.2 Å². The van der Waals surface area contributed by atoms with Crippen LogP contribution in [-0.4, -0.2) is 59.4 Å². The second kappa shape index (κ2) is 9.58. The predicted molar refractivity (Wildman–Crippen MR) is 134 cm³/mol. The third kappa shape index (κ3) is 4.98. The van der Waals surface area contributed by atoms with Gasteiger partial charge in [0.1, 0.15) is 5.82 Å². The minimum atomic E-state index is -0.209. The zero-order chi connectivity index (χ0) is 23.9. The quantitative estimate of drug-likeness (QED) is 0.622. The Morgan fingerprint density at radius 3 is 2.66 bits per heavy atom. The number of halogens is 1. The number of ether oxygens (including phenoxy) is 2. The summed E-state index contributed by atoms with van der Waals surface area (Å²) in [7, 11) is 0. The summed E-state index contributed by atoms with van der Waals surface area (Å²) < 4.78 is 11.9. The van der Waals surface area contributed by atoms with Crippen molar-refractivity contribution in [2.45, 2.75) is 50.8 Å². The number of nitrogens with one attached hydrogen (secondary N) is 1. The number of nitrogens with zero attached hydrogens (tertiary/aromatic N) is 3. The summed E-state index contributed by atoms with van der Waals surface area (Å²) in [6.07, 6.45) is 5.04. The first-order valence-corrected chi connectivity index (χ1v) is 13.0. The van der Waals surface area contributed by atoms with E-state index in [4.69, 9.17) is 26.8 Å². The van der Waals surface area contributed by atoms with Crippen molar-refractivity contribution >= 4 is 29.0 Å². The number of anilines is 2. The summed E-state index contributed by atoms with van der Waals surface area (Å²) in [5.41, 5.74) is 9.11. The number of benzene rings is 1. The fourth-order valence-electron chi connectivity index (χ4n) is 5.81. The van der Waals surface area contributed by atoms with Gasteiger partial charge >= 0.3 is 0 Å². The number of piperidine rings is 2. The van der Waals surface area contributed by atoms with E-state index < -0.39 is 0 Å². The molecular weight excluding hydrogens is 466 g/mol. The van der Waals surface area contributed by atoms with Crippen LogP contribution in [0.15, 0.2) is 36.5 Å². The molecule has 8 nitrogen and oxygen atoms in total. The molecule has 9 heteroatoms. The van der Waals surface area contributed by atoms with E-state index in [-0.39, 0.29) is 24.5 Å². The van der Waals surface area contributed by atoms with Gasteiger partial charge in [0, 0.05) is 48.0 Å². The van der Waals surface area contributed by atoms with Crippen LogP contribution in [0, 0.1) is 11.8 Å². The number of aromatic nitrogens is 1. The molecule has 3 atom stereocenters. The average molecular weight is 498 g/mol. The number of carbonyl (C=O) groups is 1. The summed E-state index contributed by atoms with van der Waals surface area (Å²) in [4.78, 5) is 21.8. The number of hydrogen-bond acceptors (Lipinski definition) is 7. The van der Waals surface area contributed by atoms with E-state index in [1.54, 1.807) is 6.20 Å². The van der Waals surface area contributed by atoms with Gasteiger partial charge in [0.2, 0.25) is 12.2 Å². The molecule has 4 aliphatic heterocycles. The van der Waals surface area contributed by atoms with Gasteiger partial charge in [0.15, 0.2) is 6.23 Å². The maximum atomic E-state index is 13.3. The fraction of sp³-hybridized carbons (Fsp3) is 0.538. The Morgan fingerprint density at radius 2 is 1.89 bits per heavy atom. The van der Waals surface area contributed by atoms with Crippen LogP contribution in [0.2, 0.25) is 5.02 Å². The van der Waals surface area contributed by atoms with Crippen molar-refractivity contribution in [3.63, 3.8) is 0 Å². The number of likely N-dealkylation sites (tertiary alicyclic amines) is 2. The van der Waals surface area contributed by atoms with Crippen LogP contribution in [0.4, 0.5) is 11.5 Å². The number of nitrogens with two attached hydrogens (primary N) is 1. The first kappa shape index (κ1) is 23.0. The molecule has 1 aromatic heterocycles. The van der Waals surface area contributed by atoms with Gasteiger partial charge in [0.05, 0.1) is 6.10 Å². The lowest BCUT2D eigenvalue weighted by atomic mass is 9.85. The lowest BCUT2D eigenvalue weighted by Crippen LogP contribution is -2.46. The van der Waals surface area contributed by atoms with Gasteiger partial charge in [-0.1, -0.05) is 11.6 Å². The highest BCUT2D eigenvalue weighted by atomic mass is 35.5. The molecule has 0 aliphatic carbocycles. The number of rotatable bonds is 4. The van der Waals surface area contributed by atoms with Crippen LogP contribution in [0.1, 0.15) is 42.9 Å². The molecule has 0 spiro atoms. The van der Waals surface area contributed by atoms with Crippen LogP contribution >= 0.6 is 11.6 Å². The summed E-state index contributed by atoms with van der Waals surface area (Å²) in [5, 5.41) is 4.11. The zero-order valence-electron chi connectivity index (χ0n) is 19.7. The van der Waals surface area contributed by atoms with Crippen LogP contribution in [0.3, 0.4) is 0 Å². The van der Waals surface area contributed by atoms with E-state index in [0.717, 1.165) is 69.7 Å². The summed E-state index contributed by atoms with van der Waals surface area (Å²) in [5.74, 6) is 1.31. The lowest BCUT2D eigenvalue weighted by molar-refractivity contribution is -0.140. The van der Waals surface area contributed by atoms with Crippen LogP contribution in [0.25, 0.3) is 0 Å². The van der Waals surface area contributed by atoms with E-state index in [1.165, 1.54) is 5.56 Å². The number of epoxide rings is 1. The molecule has 0 radical (unpaired) electrons. The maximum Gasteiger partial charge on any atom is 0.225 e. The number of carbonyl (C=O) groups excluding carboxylic acids is 1. The molecule has 186 valence electrons. The molecule has 3 saturated heterocycles. The van der Waals surface area contributed by atoms with E-state index >= 15 is 0 Å². The van der Waals surface area contributed by atoms with Crippen molar-refractivity contribution in [1.29, 1.82) is 0 Å². The summed E-state index contributed by atoms with van der Waals surface area (Å²) in [6.45, 7) is 4.26. The van der Waals surface area contributed by atoms with E-state index in [0.29, 0.717) is 22.7 Å². The molecule has 3 unspecified atom stereocenters. The first-order chi connectivity index (χ1) is 17.0. The molecule has 1 aromatic carbocycles. The Morgan fingerprint density at radius 1 is 1.09 bits per heavy atom. The topological polar surface area (TPSA) is 96.2 Å². The van der Waals surface area contributed by atoms with E-state index in [9.17, 15) is 4.79 Å². The molecule has 6 rings (SSSR count). The number of fused-ring (bicyclic) bond motifs is 2. The minimum Gasteiger partial charge on any atom is -0.384 e. The zero-order valence-corrected chi connectivity index (χ0v) is 20.5. The summed E-state index contributed by atoms with van der Waals surface area (Å²) >= 11 is 6.32. The van der Waals surface area contributed by atoms with Crippen LogP contribution in [-0.2, 0) is 20.8 Å². The molecule has 0 saturated carbocycles. The number of amides is 1. The fourth-order valence-corrected chi connectivity index (χ4v) is 5.99.